The van der Waals surface area contributed by atoms with E-state index in [9.17, 15) is 14.4 Å². The summed E-state index contributed by atoms with van der Waals surface area (Å²) in [5, 5.41) is 0. The molecule has 444 valence electrons. The molecule has 1 atom stereocenters. The third-order valence-corrected chi connectivity index (χ3v) is 13.7. The lowest BCUT2D eigenvalue weighted by atomic mass is 10.1. The van der Waals surface area contributed by atoms with Gasteiger partial charge in [-0.1, -0.05) is 264 Å². The number of rotatable bonds is 58. The molecule has 0 bridgehead atoms. The summed E-state index contributed by atoms with van der Waals surface area (Å²) in [5.41, 5.74) is 0. The van der Waals surface area contributed by atoms with Gasteiger partial charge in [-0.05, 0) is 135 Å². The van der Waals surface area contributed by atoms with E-state index in [4.69, 9.17) is 14.2 Å². The van der Waals surface area contributed by atoms with Crippen LogP contribution in [0.3, 0.4) is 0 Å². The van der Waals surface area contributed by atoms with Gasteiger partial charge < -0.3 is 14.2 Å². The van der Waals surface area contributed by atoms with Crippen LogP contribution < -0.4 is 0 Å². The average molecular weight is 1080 g/mol. The lowest BCUT2D eigenvalue weighted by Crippen LogP contribution is -2.30. The standard InChI is InChI=1S/C72H120O6/c1-4-7-10-13-16-19-22-25-28-31-33-35-36-38-39-41-44-47-50-53-56-59-62-65-71(74)77-68-69(67-76-70(73)64-61-58-55-52-49-46-43-30-27-24-21-18-15-12-9-6-3)78-72(75)66-63-60-57-54-51-48-45-42-40-37-34-32-29-26-23-20-17-14-11-8-5-2/h7,10,16,19,23,25-26,28,30,32-35,38-40,42-44,47,69H,4-6,8-9,11-15,17-18,20-22,24,27,29,31,36-37,41,45-46,48-68H2,1-3H3/b10-7-,19-16-,26-23-,28-25-,34-32-,35-33-,39-38-,42-40-,43-30-,47-44-. The summed E-state index contributed by atoms with van der Waals surface area (Å²) in [7, 11) is 0. The largest absolute Gasteiger partial charge is 0.462 e. The lowest BCUT2D eigenvalue weighted by Gasteiger charge is -2.18. The van der Waals surface area contributed by atoms with Gasteiger partial charge in [-0.25, -0.2) is 0 Å². The molecule has 0 spiro atoms. The zero-order valence-corrected chi connectivity index (χ0v) is 50.9. The molecule has 0 saturated heterocycles. The molecule has 0 aromatic carbocycles. The molecule has 1 unspecified atom stereocenters. The molecular weight excluding hydrogens is 961 g/mol. The van der Waals surface area contributed by atoms with Crippen molar-refractivity contribution in [2.24, 2.45) is 0 Å². The molecule has 6 nitrogen and oxygen atoms in total. The van der Waals surface area contributed by atoms with E-state index in [0.717, 1.165) is 141 Å². The number of ether oxygens (including phenoxy) is 3. The van der Waals surface area contributed by atoms with E-state index in [0.29, 0.717) is 19.3 Å². The minimum Gasteiger partial charge on any atom is -0.462 e. The highest BCUT2D eigenvalue weighted by molar-refractivity contribution is 5.71. The van der Waals surface area contributed by atoms with Gasteiger partial charge in [-0.3, -0.25) is 14.4 Å². The van der Waals surface area contributed by atoms with E-state index in [1.54, 1.807) is 0 Å². The fraction of sp³-hybridized carbons (Fsp3) is 0.681. The molecule has 0 amide bonds. The molecule has 0 radical (unpaired) electrons. The van der Waals surface area contributed by atoms with Crippen LogP contribution in [0, 0.1) is 0 Å². The van der Waals surface area contributed by atoms with Crippen LogP contribution in [0.1, 0.15) is 297 Å². The van der Waals surface area contributed by atoms with Crippen LogP contribution in [-0.2, 0) is 28.6 Å². The normalized spacial score (nSPS) is 12.9. The molecule has 0 saturated carbocycles. The Bertz CT molecular complexity index is 1620. The molecule has 0 aliphatic heterocycles. The van der Waals surface area contributed by atoms with Crippen LogP contribution >= 0.6 is 0 Å². The van der Waals surface area contributed by atoms with Crippen molar-refractivity contribution < 1.29 is 28.6 Å². The van der Waals surface area contributed by atoms with Crippen LogP contribution in [0.2, 0.25) is 0 Å². The van der Waals surface area contributed by atoms with Crippen LogP contribution in [0.5, 0.6) is 0 Å². The van der Waals surface area contributed by atoms with Gasteiger partial charge in [0.15, 0.2) is 6.10 Å². The smallest absolute Gasteiger partial charge is 0.306 e. The summed E-state index contributed by atoms with van der Waals surface area (Å²) >= 11 is 0. The van der Waals surface area contributed by atoms with Crippen molar-refractivity contribution in [1.29, 1.82) is 0 Å². The second-order valence-corrected chi connectivity index (χ2v) is 21.3. The van der Waals surface area contributed by atoms with Gasteiger partial charge in [0, 0.05) is 19.3 Å². The van der Waals surface area contributed by atoms with Gasteiger partial charge in [0.25, 0.3) is 0 Å². The molecular formula is C72H120O6. The average Bonchev–Trinajstić information content (AvgIpc) is 3.44. The van der Waals surface area contributed by atoms with Gasteiger partial charge in [0.2, 0.25) is 0 Å². The number of carbonyl (C=O) groups is 3. The number of hydrogen-bond acceptors (Lipinski definition) is 6. The molecule has 78 heavy (non-hydrogen) atoms. The van der Waals surface area contributed by atoms with Crippen molar-refractivity contribution >= 4 is 17.9 Å². The maximum atomic E-state index is 12.9. The molecule has 0 aliphatic rings. The van der Waals surface area contributed by atoms with E-state index in [1.165, 1.54) is 116 Å². The molecule has 0 aromatic heterocycles. The Morgan fingerprint density at radius 1 is 0.269 bits per heavy atom. The highest BCUT2D eigenvalue weighted by Gasteiger charge is 2.19. The number of allylic oxidation sites excluding steroid dienone is 20. The van der Waals surface area contributed by atoms with Crippen LogP contribution in [0.25, 0.3) is 0 Å². The zero-order valence-electron chi connectivity index (χ0n) is 50.9. The third kappa shape index (κ3) is 62.7. The van der Waals surface area contributed by atoms with E-state index in [-0.39, 0.29) is 31.1 Å². The molecule has 0 fully saturated rings. The minimum atomic E-state index is -0.805. The first kappa shape index (κ1) is 73.8. The zero-order chi connectivity index (χ0) is 56.4. The Morgan fingerprint density at radius 3 is 0.795 bits per heavy atom. The molecule has 6 heteroatoms. The Balaban J connectivity index is 4.48. The number of unbranched alkanes of at least 4 members (excludes halogenated alkanes) is 27. The van der Waals surface area contributed by atoms with Gasteiger partial charge in [0.05, 0.1) is 0 Å². The van der Waals surface area contributed by atoms with Gasteiger partial charge in [0.1, 0.15) is 13.2 Å². The van der Waals surface area contributed by atoms with Crippen LogP contribution in [-0.4, -0.2) is 37.2 Å². The highest BCUT2D eigenvalue weighted by atomic mass is 16.6. The van der Waals surface area contributed by atoms with Gasteiger partial charge >= 0.3 is 17.9 Å². The molecule has 0 heterocycles. The summed E-state index contributed by atoms with van der Waals surface area (Å²) in [6.07, 6.45) is 90.5. The summed E-state index contributed by atoms with van der Waals surface area (Å²) in [5.74, 6) is -0.939. The maximum absolute atomic E-state index is 12.9. The first-order valence-electron chi connectivity index (χ1n) is 32.5. The Morgan fingerprint density at radius 2 is 0.500 bits per heavy atom. The third-order valence-electron chi connectivity index (χ3n) is 13.7. The monoisotopic (exact) mass is 1080 g/mol. The predicted octanol–water partition coefficient (Wildman–Crippen LogP) is 22.4. The highest BCUT2D eigenvalue weighted by Crippen LogP contribution is 2.15. The van der Waals surface area contributed by atoms with E-state index in [1.807, 2.05) is 0 Å². The fourth-order valence-electron chi connectivity index (χ4n) is 8.80. The van der Waals surface area contributed by atoms with Gasteiger partial charge in [-0.15, -0.1) is 0 Å². The van der Waals surface area contributed by atoms with E-state index < -0.39 is 6.10 Å². The Hall–Kier alpha value is -4.19. The van der Waals surface area contributed by atoms with Crippen molar-refractivity contribution in [2.45, 2.75) is 303 Å². The minimum absolute atomic E-state index is 0.0982. The van der Waals surface area contributed by atoms with Crippen molar-refractivity contribution in [2.75, 3.05) is 13.2 Å². The maximum Gasteiger partial charge on any atom is 0.306 e. The Kier molecular flexibility index (Phi) is 61.8. The summed E-state index contributed by atoms with van der Waals surface area (Å²) in [6.45, 7) is 6.49. The predicted molar refractivity (Wildman–Crippen MR) is 339 cm³/mol. The summed E-state index contributed by atoms with van der Waals surface area (Å²) < 4.78 is 16.9. The molecule has 0 aromatic rings. The second kappa shape index (κ2) is 65.3. The number of carbonyl (C=O) groups excluding carboxylic acids is 3. The van der Waals surface area contributed by atoms with Crippen molar-refractivity contribution in [3.63, 3.8) is 0 Å². The summed E-state index contributed by atoms with van der Waals surface area (Å²) in [4.78, 5) is 38.4. The van der Waals surface area contributed by atoms with Crippen LogP contribution in [0.4, 0.5) is 0 Å². The van der Waals surface area contributed by atoms with Crippen molar-refractivity contribution in [1.82, 2.24) is 0 Å². The van der Waals surface area contributed by atoms with Gasteiger partial charge in [-0.2, -0.15) is 0 Å². The first-order valence-corrected chi connectivity index (χ1v) is 32.5. The van der Waals surface area contributed by atoms with E-state index in [2.05, 4.69) is 142 Å². The number of esters is 3. The number of hydrogen-bond donors (Lipinski definition) is 0. The fourth-order valence-corrected chi connectivity index (χ4v) is 8.80. The SMILES string of the molecule is CC/C=C\C/C=C\C/C=C\C/C=C\C/C=C\C/C=C\CCCCCCC(=O)OCC(COC(=O)CCCCCCC/C=C\CCCCCCCCC)OC(=O)CCCCCCCC/C=C\C/C=C\C/C=C\CCCCCCC. The quantitative estimate of drug-likeness (QED) is 0.0261. The Labute approximate surface area is 482 Å². The second-order valence-electron chi connectivity index (χ2n) is 21.3. The topological polar surface area (TPSA) is 78.9 Å². The molecule has 0 N–H and O–H groups in total. The van der Waals surface area contributed by atoms with E-state index >= 15 is 0 Å². The summed E-state index contributed by atoms with van der Waals surface area (Å²) in [6, 6.07) is 0. The van der Waals surface area contributed by atoms with Crippen molar-refractivity contribution in [3.8, 4) is 0 Å². The molecule has 0 rings (SSSR count). The first-order chi connectivity index (χ1) is 38.5. The van der Waals surface area contributed by atoms with Crippen molar-refractivity contribution in [3.05, 3.63) is 122 Å². The van der Waals surface area contributed by atoms with Crippen LogP contribution in [0.15, 0.2) is 122 Å². The molecule has 0 aliphatic carbocycles. The lowest BCUT2D eigenvalue weighted by molar-refractivity contribution is -0.167.